The number of hydrogen-bond acceptors (Lipinski definition) is 3. The molecule has 0 aromatic heterocycles. The summed E-state index contributed by atoms with van der Waals surface area (Å²) in [5, 5.41) is -1.29. The van der Waals surface area contributed by atoms with Gasteiger partial charge in [-0.1, -0.05) is 92.7 Å². The Labute approximate surface area is 200 Å². The quantitative estimate of drug-likeness (QED) is 0.260. The minimum absolute atomic E-state index is 0.0440. The molecule has 0 saturated heterocycles. The van der Waals surface area contributed by atoms with Gasteiger partial charge in [-0.25, -0.2) is 4.99 Å². The van der Waals surface area contributed by atoms with E-state index < -0.39 is 15.8 Å². The fourth-order valence-electron chi connectivity index (χ4n) is 2.30. The lowest BCUT2D eigenvalue weighted by molar-refractivity contribution is -0.111. The highest BCUT2D eigenvalue weighted by atomic mass is 79.9. The number of ketones is 1. The van der Waals surface area contributed by atoms with Crippen molar-refractivity contribution in [2.75, 3.05) is 0 Å². The Morgan fingerprint density at radius 2 is 1.33 bits per heavy atom. The van der Waals surface area contributed by atoms with E-state index in [4.69, 9.17) is 46.4 Å². The number of carbonyl (C=O) groups is 1. The zero-order valence-corrected chi connectivity index (χ0v) is 20.0. The van der Waals surface area contributed by atoms with Crippen LogP contribution in [0.4, 0.5) is 0 Å². The Morgan fingerprint density at radius 3 is 1.87 bits per heavy atom. The van der Waals surface area contributed by atoms with Crippen molar-refractivity contribution in [1.29, 1.82) is 0 Å². The van der Waals surface area contributed by atoms with Gasteiger partial charge in [0, 0.05) is 10.0 Å². The van der Waals surface area contributed by atoms with Gasteiger partial charge in [-0.2, -0.15) is 8.42 Å². The lowest BCUT2D eigenvalue weighted by Gasteiger charge is -2.14. The number of nitrogens with zero attached hydrogens (tertiary/aromatic N) is 2. The average Bonchev–Trinajstić information content (AvgIpc) is 2.74. The number of hydrogen-bond donors (Lipinski definition) is 0. The average molecular weight is 567 g/mol. The predicted octanol–water partition coefficient (Wildman–Crippen LogP) is 5.99. The summed E-state index contributed by atoms with van der Waals surface area (Å²) in [6.07, 6.45) is 0. The Morgan fingerprint density at radius 1 is 0.800 bits per heavy atom. The molecule has 1 aliphatic carbocycles. The topological polar surface area (TPSA) is 75.9 Å². The number of rotatable bonds is 3. The van der Waals surface area contributed by atoms with Gasteiger partial charge in [-0.15, -0.1) is 4.40 Å². The molecule has 3 rings (SSSR count). The van der Waals surface area contributed by atoms with Crippen molar-refractivity contribution >= 4 is 89.7 Å². The molecule has 2 aromatic carbocycles. The van der Waals surface area contributed by atoms with Crippen LogP contribution in [0.3, 0.4) is 0 Å². The molecule has 30 heavy (non-hydrogen) atoms. The van der Waals surface area contributed by atoms with Crippen molar-refractivity contribution in [1.82, 2.24) is 0 Å². The first-order chi connectivity index (χ1) is 14.1. The first-order valence-corrected chi connectivity index (χ1v) is 11.8. The van der Waals surface area contributed by atoms with Gasteiger partial charge < -0.3 is 0 Å². The first kappa shape index (κ1) is 23.2. The standard InChI is InChI=1S/C19H9BrCl4N2O3S/c20-11-6-8-12(9-7-11)30(28,29)26-19(10-4-2-1-3-5-10)25-17-13(21)15(23)18(27)16(24)14(17)22/h1-9H/b26-19+. The normalized spacial score (nSPS) is 15.7. The Bertz CT molecular complexity index is 1220. The fraction of sp³-hybridized carbons (Fsp3) is 0. The smallest absolute Gasteiger partial charge is 0.284 e. The molecule has 0 saturated carbocycles. The zero-order valence-electron chi connectivity index (χ0n) is 14.6. The van der Waals surface area contributed by atoms with Crippen LogP contribution < -0.4 is 0 Å². The molecule has 1 aliphatic rings. The maximum Gasteiger partial charge on any atom is 0.284 e. The molecule has 0 radical (unpaired) electrons. The van der Waals surface area contributed by atoms with Gasteiger partial charge in [0.05, 0.1) is 15.0 Å². The van der Waals surface area contributed by atoms with E-state index in [2.05, 4.69) is 25.3 Å². The second-order valence-corrected chi connectivity index (χ2v) is 9.79. The number of Topliss-reactive ketones (excluding diaryl/α,β-unsaturated/α-hetero) is 1. The van der Waals surface area contributed by atoms with Crippen LogP contribution in [0.25, 0.3) is 0 Å². The van der Waals surface area contributed by atoms with Crippen LogP contribution in [0.15, 0.2) is 93.5 Å². The lowest BCUT2D eigenvalue weighted by atomic mass is 10.1. The second-order valence-electron chi connectivity index (χ2n) is 5.76. The summed E-state index contributed by atoms with van der Waals surface area (Å²) in [5.41, 5.74) is 0.199. The van der Waals surface area contributed by atoms with E-state index >= 15 is 0 Å². The van der Waals surface area contributed by atoms with Crippen molar-refractivity contribution in [2.24, 2.45) is 9.39 Å². The summed E-state index contributed by atoms with van der Waals surface area (Å²) in [7, 11) is -4.14. The van der Waals surface area contributed by atoms with E-state index in [9.17, 15) is 13.2 Å². The summed E-state index contributed by atoms with van der Waals surface area (Å²) < 4.78 is 30.3. The van der Waals surface area contributed by atoms with Crippen LogP contribution in [0.5, 0.6) is 0 Å². The molecule has 0 bridgehead atoms. The van der Waals surface area contributed by atoms with Gasteiger partial charge in [0.15, 0.2) is 5.84 Å². The molecule has 2 aromatic rings. The van der Waals surface area contributed by atoms with E-state index in [-0.39, 0.29) is 36.6 Å². The van der Waals surface area contributed by atoms with Crippen LogP contribution in [0.1, 0.15) is 5.56 Å². The van der Waals surface area contributed by atoms with Gasteiger partial charge in [0.1, 0.15) is 15.8 Å². The summed E-state index contributed by atoms with van der Waals surface area (Å²) >= 11 is 27.4. The van der Waals surface area contributed by atoms with Crippen molar-refractivity contribution < 1.29 is 13.2 Å². The molecule has 0 heterocycles. The summed E-state index contributed by atoms with van der Waals surface area (Å²) in [4.78, 5) is 16.1. The maximum absolute atomic E-state index is 12.8. The second kappa shape index (κ2) is 9.34. The summed E-state index contributed by atoms with van der Waals surface area (Å²) in [5.74, 6) is -0.971. The van der Waals surface area contributed by atoms with Crippen molar-refractivity contribution in [3.05, 3.63) is 84.8 Å². The number of benzene rings is 2. The molecule has 0 fully saturated rings. The zero-order chi connectivity index (χ0) is 22.1. The van der Waals surface area contributed by atoms with Crippen molar-refractivity contribution in [3.63, 3.8) is 0 Å². The molecule has 0 amide bonds. The molecule has 0 atom stereocenters. The number of allylic oxidation sites excluding steroid dienone is 4. The highest BCUT2D eigenvalue weighted by molar-refractivity contribution is 9.10. The summed E-state index contributed by atoms with van der Waals surface area (Å²) in [6.45, 7) is 0. The highest BCUT2D eigenvalue weighted by Crippen LogP contribution is 2.34. The van der Waals surface area contributed by atoms with Crippen LogP contribution in [-0.2, 0) is 14.8 Å². The summed E-state index contributed by atoms with van der Waals surface area (Å²) in [6, 6.07) is 14.2. The number of halogens is 5. The number of carbonyl (C=O) groups excluding carboxylic acids is 1. The Hall–Kier alpha value is -1.48. The van der Waals surface area contributed by atoms with Gasteiger partial charge in [0.25, 0.3) is 10.0 Å². The third-order valence-corrected chi connectivity index (χ3v) is 7.23. The van der Waals surface area contributed by atoms with Crippen LogP contribution in [0.2, 0.25) is 0 Å². The van der Waals surface area contributed by atoms with E-state index in [1.807, 2.05) is 0 Å². The van der Waals surface area contributed by atoms with E-state index in [0.717, 1.165) is 0 Å². The molecular weight excluding hydrogens is 558 g/mol. The Kier molecular flexibility index (Phi) is 7.22. The van der Waals surface area contributed by atoms with E-state index in [1.165, 1.54) is 12.1 Å². The minimum atomic E-state index is -4.14. The number of sulfonamides is 1. The third-order valence-electron chi connectivity index (χ3n) is 3.77. The monoisotopic (exact) mass is 564 g/mol. The minimum Gasteiger partial charge on any atom is -0.286 e. The van der Waals surface area contributed by atoms with Gasteiger partial charge in [-0.3, -0.25) is 4.79 Å². The van der Waals surface area contributed by atoms with Gasteiger partial charge in [0.2, 0.25) is 5.78 Å². The van der Waals surface area contributed by atoms with Crippen LogP contribution in [0, 0.1) is 0 Å². The molecule has 0 aliphatic heterocycles. The van der Waals surface area contributed by atoms with Gasteiger partial charge in [-0.05, 0) is 24.3 Å². The molecule has 5 nitrogen and oxygen atoms in total. The largest absolute Gasteiger partial charge is 0.286 e. The molecule has 0 unspecified atom stereocenters. The SMILES string of the molecule is O=C1C(Cl)=C(Cl)C(=N/C(=N/S(=O)(=O)c2ccc(Br)cc2)c2ccccc2)C(Cl)=C1Cl. The van der Waals surface area contributed by atoms with Gasteiger partial charge >= 0.3 is 0 Å². The lowest BCUT2D eigenvalue weighted by Crippen LogP contribution is -2.17. The van der Waals surface area contributed by atoms with Crippen molar-refractivity contribution in [2.45, 2.75) is 4.90 Å². The molecule has 11 heteroatoms. The fourth-order valence-corrected chi connectivity index (χ4v) is 4.44. The Balaban J connectivity index is 2.23. The van der Waals surface area contributed by atoms with Crippen LogP contribution >= 0.6 is 62.3 Å². The van der Waals surface area contributed by atoms with E-state index in [1.54, 1.807) is 42.5 Å². The van der Waals surface area contributed by atoms with E-state index in [0.29, 0.717) is 10.0 Å². The first-order valence-electron chi connectivity index (χ1n) is 8.02. The molecule has 0 N–H and O–H groups in total. The molecule has 154 valence electrons. The highest BCUT2D eigenvalue weighted by Gasteiger charge is 2.30. The van der Waals surface area contributed by atoms with Crippen LogP contribution in [-0.4, -0.2) is 25.7 Å². The molecular formula is C19H9BrCl4N2O3S. The van der Waals surface area contributed by atoms with Crippen molar-refractivity contribution in [3.8, 4) is 0 Å². The maximum atomic E-state index is 12.8. The molecule has 0 spiro atoms. The third kappa shape index (κ3) is 4.88. The predicted molar refractivity (Wildman–Crippen MR) is 124 cm³/mol. The number of aliphatic imine (C=N–C) groups is 1. The number of amidine groups is 1.